The van der Waals surface area contributed by atoms with Crippen LogP contribution in [0.2, 0.25) is 0 Å². The molecule has 104 valence electrons. The molecule has 0 atom stereocenters. The van der Waals surface area contributed by atoms with Gasteiger partial charge in [-0.05, 0) is 24.3 Å². The highest BCUT2D eigenvalue weighted by Gasteiger charge is 2.33. The summed E-state index contributed by atoms with van der Waals surface area (Å²) < 4.78 is 5.64. The molecule has 6 nitrogen and oxygen atoms in total. The van der Waals surface area contributed by atoms with Crippen molar-refractivity contribution in [1.82, 2.24) is 14.9 Å². The Labute approximate surface area is 121 Å². The number of carbonyl (C=O) groups is 1. The Balaban J connectivity index is 1.59. The molecular formula is C15H12N4O2. The van der Waals surface area contributed by atoms with Gasteiger partial charge in [0.05, 0.1) is 13.1 Å². The number of carbonyl (C=O) groups excluding carboxylic acids is 1. The van der Waals surface area contributed by atoms with Gasteiger partial charge in [-0.3, -0.25) is 9.78 Å². The molecule has 2 aromatic rings. The van der Waals surface area contributed by atoms with E-state index in [2.05, 4.69) is 9.97 Å². The minimum absolute atomic E-state index is 0.114. The number of amides is 1. The van der Waals surface area contributed by atoms with Crippen molar-refractivity contribution in [3.05, 3.63) is 54.0 Å². The predicted molar refractivity (Wildman–Crippen MR) is 73.5 cm³/mol. The van der Waals surface area contributed by atoms with Crippen LogP contribution in [0.1, 0.15) is 16.1 Å². The third-order valence-electron chi connectivity index (χ3n) is 3.19. The van der Waals surface area contributed by atoms with E-state index >= 15 is 0 Å². The van der Waals surface area contributed by atoms with Gasteiger partial charge in [0, 0.05) is 12.4 Å². The molecule has 0 N–H and O–H groups in total. The zero-order valence-corrected chi connectivity index (χ0v) is 11.1. The number of pyridine rings is 2. The van der Waals surface area contributed by atoms with Crippen LogP contribution in [0.5, 0.6) is 5.88 Å². The summed E-state index contributed by atoms with van der Waals surface area (Å²) in [6, 6.07) is 10.6. The highest BCUT2D eigenvalue weighted by molar-refractivity contribution is 5.92. The summed E-state index contributed by atoms with van der Waals surface area (Å²) >= 11 is 0. The number of hydrogen-bond acceptors (Lipinski definition) is 5. The lowest BCUT2D eigenvalue weighted by atomic mass is 10.1. The Morgan fingerprint density at radius 2 is 2.05 bits per heavy atom. The van der Waals surface area contributed by atoms with Gasteiger partial charge in [-0.1, -0.05) is 6.07 Å². The van der Waals surface area contributed by atoms with Crippen LogP contribution in [0.3, 0.4) is 0 Å². The van der Waals surface area contributed by atoms with Crippen LogP contribution in [0.25, 0.3) is 0 Å². The fourth-order valence-electron chi connectivity index (χ4n) is 2.06. The number of aromatic nitrogens is 2. The molecule has 0 aliphatic carbocycles. The normalized spacial score (nSPS) is 14.1. The average Bonchev–Trinajstić information content (AvgIpc) is 2.51. The first-order chi connectivity index (χ1) is 10.3. The third kappa shape index (κ3) is 2.67. The minimum Gasteiger partial charge on any atom is -0.470 e. The first kappa shape index (κ1) is 13.1. The zero-order valence-electron chi connectivity index (χ0n) is 11.1. The number of nitriles is 1. The minimum atomic E-state index is -0.139. The lowest BCUT2D eigenvalue weighted by Gasteiger charge is -2.38. The van der Waals surface area contributed by atoms with Crippen LogP contribution < -0.4 is 4.74 Å². The zero-order chi connectivity index (χ0) is 14.7. The van der Waals surface area contributed by atoms with Crippen molar-refractivity contribution in [2.75, 3.05) is 13.1 Å². The molecule has 0 saturated carbocycles. The van der Waals surface area contributed by atoms with E-state index in [1.165, 1.54) is 0 Å². The van der Waals surface area contributed by atoms with Crippen LogP contribution in [0.15, 0.2) is 42.7 Å². The summed E-state index contributed by atoms with van der Waals surface area (Å²) in [5.41, 5.74) is 0.818. The third-order valence-corrected chi connectivity index (χ3v) is 3.19. The van der Waals surface area contributed by atoms with Gasteiger partial charge in [-0.2, -0.15) is 5.26 Å². The first-order valence-corrected chi connectivity index (χ1v) is 6.50. The highest BCUT2D eigenvalue weighted by Crippen LogP contribution is 2.20. The summed E-state index contributed by atoms with van der Waals surface area (Å²) in [7, 11) is 0. The second-order valence-corrected chi connectivity index (χ2v) is 4.63. The summed E-state index contributed by atoms with van der Waals surface area (Å²) in [5, 5.41) is 8.97. The molecule has 0 bridgehead atoms. The largest absolute Gasteiger partial charge is 0.470 e. The predicted octanol–water partition coefficient (Wildman–Crippen LogP) is 1.25. The SMILES string of the molecule is N#Cc1cccnc1OC1CN(C(=O)c2ccccn2)C1. The first-order valence-electron chi connectivity index (χ1n) is 6.50. The van der Waals surface area contributed by atoms with E-state index in [1.54, 1.807) is 47.6 Å². The van der Waals surface area contributed by atoms with Crippen molar-refractivity contribution in [2.24, 2.45) is 0 Å². The van der Waals surface area contributed by atoms with Gasteiger partial charge in [0.15, 0.2) is 0 Å². The lowest BCUT2D eigenvalue weighted by Crippen LogP contribution is -2.56. The van der Waals surface area contributed by atoms with E-state index in [4.69, 9.17) is 10.00 Å². The average molecular weight is 280 g/mol. The van der Waals surface area contributed by atoms with E-state index < -0.39 is 0 Å². The Hall–Kier alpha value is -2.94. The molecule has 1 aliphatic heterocycles. The van der Waals surface area contributed by atoms with Crippen LogP contribution in [-0.4, -0.2) is 40.0 Å². The van der Waals surface area contributed by atoms with Gasteiger partial charge in [0.1, 0.15) is 23.4 Å². The Morgan fingerprint density at radius 1 is 1.24 bits per heavy atom. The maximum Gasteiger partial charge on any atom is 0.272 e. The van der Waals surface area contributed by atoms with E-state index in [0.717, 1.165) is 0 Å². The maximum atomic E-state index is 12.1. The van der Waals surface area contributed by atoms with Crippen LogP contribution >= 0.6 is 0 Å². The van der Waals surface area contributed by atoms with Crippen LogP contribution in [-0.2, 0) is 0 Å². The van der Waals surface area contributed by atoms with E-state index in [-0.39, 0.29) is 12.0 Å². The van der Waals surface area contributed by atoms with Crippen molar-refractivity contribution in [3.63, 3.8) is 0 Å². The molecule has 1 aliphatic rings. The number of nitrogens with zero attached hydrogens (tertiary/aromatic N) is 4. The Bertz CT molecular complexity index is 690. The van der Waals surface area contributed by atoms with Crippen molar-refractivity contribution >= 4 is 5.91 Å². The van der Waals surface area contributed by atoms with Gasteiger partial charge >= 0.3 is 0 Å². The molecule has 0 spiro atoms. The standard InChI is InChI=1S/C15H12N4O2/c16-8-11-4-3-7-18-14(11)21-12-9-19(10-12)15(20)13-5-1-2-6-17-13/h1-7,12H,9-10H2. The van der Waals surface area contributed by atoms with Gasteiger partial charge < -0.3 is 9.64 Å². The number of likely N-dealkylation sites (tertiary alicyclic amines) is 1. The van der Waals surface area contributed by atoms with Crippen molar-refractivity contribution in [1.29, 1.82) is 5.26 Å². The van der Waals surface area contributed by atoms with Gasteiger partial charge in [0.25, 0.3) is 5.91 Å². The maximum absolute atomic E-state index is 12.1. The second-order valence-electron chi connectivity index (χ2n) is 4.63. The Kier molecular flexibility index (Phi) is 3.48. The fraction of sp³-hybridized carbons (Fsp3) is 0.200. The summed E-state index contributed by atoms with van der Waals surface area (Å²) in [6.45, 7) is 0.938. The van der Waals surface area contributed by atoms with Crippen molar-refractivity contribution < 1.29 is 9.53 Å². The molecule has 1 fully saturated rings. The topological polar surface area (TPSA) is 79.1 Å². The van der Waals surface area contributed by atoms with Crippen LogP contribution in [0.4, 0.5) is 0 Å². The van der Waals surface area contributed by atoms with E-state index in [1.807, 2.05) is 6.07 Å². The van der Waals surface area contributed by atoms with Gasteiger partial charge in [0.2, 0.25) is 5.88 Å². The molecule has 1 amide bonds. The molecule has 0 radical (unpaired) electrons. The molecule has 6 heteroatoms. The number of hydrogen-bond donors (Lipinski definition) is 0. The summed E-state index contributed by atoms with van der Waals surface area (Å²) in [6.07, 6.45) is 3.03. The number of ether oxygens (including phenoxy) is 1. The van der Waals surface area contributed by atoms with Gasteiger partial charge in [-0.25, -0.2) is 4.98 Å². The molecule has 2 aromatic heterocycles. The van der Waals surface area contributed by atoms with E-state index in [9.17, 15) is 4.79 Å². The molecule has 0 unspecified atom stereocenters. The van der Waals surface area contributed by atoms with Crippen molar-refractivity contribution in [3.8, 4) is 11.9 Å². The molecule has 21 heavy (non-hydrogen) atoms. The smallest absolute Gasteiger partial charge is 0.272 e. The summed E-state index contributed by atoms with van der Waals surface area (Å²) in [5.74, 6) is 0.201. The fourth-order valence-corrected chi connectivity index (χ4v) is 2.06. The highest BCUT2D eigenvalue weighted by atomic mass is 16.5. The molecule has 1 saturated heterocycles. The lowest BCUT2D eigenvalue weighted by molar-refractivity contribution is 0.0154. The molecule has 3 heterocycles. The second kappa shape index (κ2) is 5.59. The Morgan fingerprint density at radius 3 is 2.76 bits per heavy atom. The van der Waals surface area contributed by atoms with Crippen molar-refractivity contribution in [2.45, 2.75) is 6.10 Å². The van der Waals surface area contributed by atoms with Crippen LogP contribution in [0, 0.1) is 11.3 Å². The van der Waals surface area contributed by atoms with Gasteiger partial charge in [-0.15, -0.1) is 0 Å². The quantitative estimate of drug-likeness (QED) is 0.845. The number of rotatable bonds is 3. The summed E-state index contributed by atoms with van der Waals surface area (Å²) in [4.78, 5) is 21.8. The molecular weight excluding hydrogens is 268 g/mol. The monoisotopic (exact) mass is 280 g/mol. The molecule has 3 rings (SSSR count). The molecule has 0 aromatic carbocycles. The van der Waals surface area contributed by atoms with E-state index in [0.29, 0.717) is 30.2 Å².